The van der Waals surface area contributed by atoms with E-state index in [1.807, 2.05) is 0 Å². The lowest BCUT2D eigenvalue weighted by molar-refractivity contribution is -0.137. The summed E-state index contributed by atoms with van der Waals surface area (Å²) in [6, 6.07) is 0. The van der Waals surface area contributed by atoms with E-state index in [1.54, 1.807) is 14.2 Å². The fourth-order valence-corrected chi connectivity index (χ4v) is 3.19. The molecule has 0 aliphatic heterocycles. The van der Waals surface area contributed by atoms with Gasteiger partial charge >= 0.3 is 5.97 Å². The molecule has 0 saturated carbocycles. The highest BCUT2D eigenvalue weighted by atomic mass is 16.5. The van der Waals surface area contributed by atoms with Crippen LogP contribution in [0.2, 0.25) is 0 Å². The quantitative estimate of drug-likeness (QED) is 0.330. The third kappa shape index (κ3) is 13.8. The Hall–Kier alpha value is -0.610. The molecular weight excluding hydrogens is 304 g/mol. The van der Waals surface area contributed by atoms with Crippen molar-refractivity contribution in [2.45, 2.75) is 109 Å². The second kappa shape index (κ2) is 17.2. The van der Waals surface area contributed by atoms with Crippen LogP contribution in [0.3, 0.4) is 0 Å². The Morgan fingerprint density at radius 1 is 0.750 bits per heavy atom. The molecule has 0 aliphatic rings. The maximum atomic E-state index is 10.4. The Morgan fingerprint density at radius 2 is 1.17 bits per heavy atom. The van der Waals surface area contributed by atoms with Crippen molar-refractivity contribution >= 4 is 5.97 Å². The number of rotatable bonds is 18. The number of hydrogen-bond donors (Lipinski definition) is 1. The molecular formula is C20H40O4. The highest BCUT2D eigenvalue weighted by Crippen LogP contribution is 2.18. The summed E-state index contributed by atoms with van der Waals surface area (Å²) in [6.45, 7) is 2.23. The van der Waals surface area contributed by atoms with Gasteiger partial charge in [-0.1, -0.05) is 71.1 Å². The second-order valence-corrected chi connectivity index (χ2v) is 6.80. The van der Waals surface area contributed by atoms with Crippen molar-refractivity contribution in [1.82, 2.24) is 0 Å². The number of unbranched alkanes of at least 4 members (excludes halogenated alkanes) is 9. The number of carbonyl (C=O) groups is 1. The molecule has 0 radical (unpaired) electrons. The van der Waals surface area contributed by atoms with E-state index >= 15 is 0 Å². The third-order valence-corrected chi connectivity index (χ3v) is 4.74. The maximum absolute atomic E-state index is 10.4. The summed E-state index contributed by atoms with van der Waals surface area (Å²) in [5.41, 5.74) is 0. The molecule has 0 heterocycles. The SMILES string of the molecule is CCCCCCC(OC)C(CCCCCCCCCC(=O)O)OC. The average molecular weight is 345 g/mol. The minimum Gasteiger partial charge on any atom is -0.481 e. The lowest BCUT2D eigenvalue weighted by Crippen LogP contribution is -2.30. The van der Waals surface area contributed by atoms with Crippen LogP contribution in [-0.4, -0.2) is 37.5 Å². The van der Waals surface area contributed by atoms with Gasteiger partial charge in [0, 0.05) is 20.6 Å². The predicted octanol–water partition coefficient (Wildman–Crippen LogP) is 5.58. The summed E-state index contributed by atoms with van der Waals surface area (Å²) in [6.07, 6.45) is 15.9. The van der Waals surface area contributed by atoms with Crippen LogP contribution in [-0.2, 0) is 14.3 Å². The van der Waals surface area contributed by atoms with E-state index in [4.69, 9.17) is 14.6 Å². The molecule has 0 amide bonds. The Bertz CT molecular complexity index is 281. The fraction of sp³-hybridized carbons (Fsp3) is 0.950. The van der Waals surface area contributed by atoms with E-state index in [2.05, 4.69) is 6.92 Å². The summed E-state index contributed by atoms with van der Waals surface area (Å²) in [5.74, 6) is -0.678. The van der Waals surface area contributed by atoms with Crippen molar-refractivity contribution in [2.75, 3.05) is 14.2 Å². The molecule has 2 atom stereocenters. The number of aliphatic carboxylic acids is 1. The van der Waals surface area contributed by atoms with Crippen LogP contribution < -0.4 is 0 Å². The van der Waals surface area contributed by atoms with Crippen LogP contribution in [0.1, 0.15) is 96.8 Å². The molecule has 24 heavy (non-hydrogen) atoms. The van der Waals surface area contributed by atoms with Crippen molar-refractivity contribution in [1.29, 1.82) is 0 Å². The van der Waals surface area contributed by atoms with Crippen molar-refractivity contribution < 1.29 is 19.4 Å². The Balaban J connectivity index is 3.66. The smallest absolute Gasteiger partial charge is 0.303 e. The summed E-state index contributed by atoms with van der Waals surface area (Å²) < 4.78 is 11.3. The van der Waals surface area contributed by atoms with E-state index in [0.717, 1.165) is 32.1 Å². The van der Waals surface area contributed by atoms with Gasteiger partial charge in [-0.15, -0.1) is 0 Å². The van der Waals surface area contributed by atoms with E-state index in [1.165, 1.54) is 51.4 Å². The van der Waals surface area contributed by atoms with Crippen molar-refractivity contribution in [3.05, 3.63) is 0 Å². The van der Waals surface area contributed by atoms with Gasteiger partial charge in [-0.2, -0.15) is 0 Å². The largest absolute Gasteiger partial charge is 0.481 e. The van der Waals surface area contributed by atoms with Crippen molar-refractivity contribution in [2.24, 2.45) is 0 Å². The third-order valence-electron chi connectivity index (χ3n) is 4.74. The predicted molar refractivity (Wildman–Crippen MR) is 99.5 cm³/mol. The van der Waals surface area contributed by atoms with Gasteiger partial charge in [-0.25, -0.2) is 0 Å². The van der Waals surface area contributed by atoms with E-state index in [0.29, 0.717) is 6.42 Å². The van der Waals surface area contributed by atoms with E-state index in [-0.39, 0.29) is 12.2 Å². The summed E-state index contributed by atoms with van der Waals surface area (Å²) >= 11 is 0. The first-order valence-electron chi connectivity index (χ1n) is 9.93. The van der Waals surface area contributed by atoms with Crippen LogP contribution in [0, 0.1) is 0 Å². The van der Waals surface area contributed by atoms with Gasteiger partial charge in [0.15, 0.2) is 0 Å². The Kier molecular flexibility index (Phi) is 16.8. The lowest BCUT2D eigenvalue weighted by atomic mass is 9.99. The topological polar surface area (TPSA) is 55.8 Å². The first-order chi connectivity index (χ1) is 11.7. The molecule has 4 nitrogen and oxygen atoms in total. The molecule has 0 aromatic carbocycles. The minimum atomic E-state index is -0.678. The molecule has 0 aliphatic carbocycles. The Morgan fingerprint density at radius 3 is 1.58 bits per heavy atom. The number of ether oxygens (including phenoxy) is 2. The number of carboxylic acids is 1. The van der Waals surface area contributed by atoms with Gasteiger partial charge in [-0.3, -0.25) is 4.79 Å². The zero-order chi connectivity index (χ0) is 18.0. The first-order valence-corrected chi connectivity index (χ1v) is 9.93. The molecule has 2 unspecified atom stereocenters. The number of hydrogen-bond acceptors (Lipinski definition) is 3. The summed E-state index contributed by atoms with van der Waals surface area (Å²) in [7, 11) is 3.60. The van der Waals surface area contributed by atoms with Crippen LogP contribution in [0.4, 0.5) is 0 Å². The van der Waals surface area contributed by atoms with Gasteiger partial charge in [0.25, 0.3) is 0 Å². The molecule has 0 spiro atoms. The summed E-state index contributed by atoms with van der Waals surface area (Å²) in [5, 5.41) is 8.59. The molecule has 0 fully saturated rings. The van der Waals surface area contributed by atoms with E-state index < -0.39 is 5.97 Å². The number of carboxylic acid groups (broad SMARTS) is 1. The number of methoxy groups -OCH3 is 2. The van der Waals surface area contributed by atoms with Gasteiger partial charge < -0.3 is 14.6 Å². The molecule has 0 bridgehead atoms. The van der Waals surface area contributed by atoms with Gasteiger partial charge in [0.05, 0.1) is 12.2 Å². The van der Waals surface area contributed by atoms with Crippen LogP contribution >= 0.6 is 0 Å². The van der Waals surface area contributed by atoms with Gasteiger partial charge in [0.2, 0.25) is 0 Å². The fourth-order valence-electron chi connectivity index (χ4n) is 3.19. The monoisotopic (exact) mass is 344 g/mol. The van der Waals surface area contributed by atoms with Crippen molar-refractivity contribution in [3.63, 3.8) is 0 Å². The summed E-state index contributed by atoms with van der Waals surface area (Å²) in [4.78, 5) is 10.4. The highest BCUT2D eigenvalue weighted by Gasteiger charge is 2.19. The highest BCUT2D eigenvalue weighted by molar-refractivity contribution is 5.66. The molecule has 4 heteroatoms. The Labute approximate surface area is 149 Å². The average Bonchev–Trinajstić information content (AvgIpc) is 2.57. The zero-order valence-corrected chi connectivity index (χ0v) is 16.2. The maximum Gasteiger partial charge on any atom is 0.303 e. The van der Waals surface area contributed by atoms with E-state index in [9.17, 15) is 4.79 Å². The van der Waals surface area contributed by atoms with Crippen molar-refractivity contribution in [3.8, 4) is 0 Å². The molecule has 0 saturated heterocycles. The second-order valence-electron chi connectivity index (χ2n) is 6.80. The standard InChI is InChI=1S/C20H40O4/c1-4-5-6-12-15-18(23-2)19(24-3)16-13-10-8-7-9-11-14-17-20(21)22/h18-19H,4-17H2,1-3H3,(H,21,22). The molecule has 0 aromatic heterocycles. The van der Waals surface area contributed by atoms with Crippen LogP contribution in [0.25, 0.3) is 0 Å². The lowest BCUT2D eigenvalue weighted by Gasteiger charge is -2.25. The van der Waals surface area contributed by atoms with Gasteiger partial charge in [-0.05, 0) is 19.3 Å². The van der Waals surface area contributed by atoms with Gasteiger partial charge in [0.1, 0.15) is 0 Å². The molecule has 144 valence electrons. The molecule has 0 aromatic rings. The van der Waals surface area contributed by atoms with Crippen LogP contribution in [0.5, 0.6) is 0 Å². The molecule has 0 rings (SSSR count). The first kappa shape index (κ1) is 23.4. The zero-order valence-electron chi connectivity index (χ0n) is 16.2. The van der Waals surface area contributed by atoms with Crippen LogP contribution in [0.15, 0.2) is 0 Å². The normalized spacial score (nSPS) is 13.8. The molecule has 1 N–H and O–H groups in total. The minimum absolute atomic E-state index is 0.215.